The molecule has 2 aliphatic rings. The fraction of sp³-hybridized carbons (Fsp3) is 0.0588. The summed E-state index contributed by atoms with van der Waals surface area (Å²) < 4.78 is 6.53. The van der Waals surface area contributed by atoms with Crippen molar-refractivity contribution in [3.63, 3.8) is 0 Å². The molecule has 0 amide bonds. The Bertz CT molecular complexity index is 3990. The molecule has 1 aromatic heterocycles. The molecule has 0 spiro atoms. The molecule has 2 aliphatic carbocycles. The molecule has 0 aliphatic heterocycles. The zero-order valence-electron chi connectivity index (χ0n) is 39.0. The largest absolute Gasteiger partial charge is 0.455 e. The van der Waals surface area contributed by atoms with Crippen molar-refractivity contribution in [2.45, 2.75) is 24.7 Å². The molecule has 330 valence electrons. The van der Waals surface area contributed by atoms with Crippen LogP contribution in [0.1, 0.15) is 47.2 Å². The van der Waals surface area contributed by atoms with Crippen molar-refractivity contribution in [1.82, 2.24) is 0 Å². The molecule has 70 heavy (non-hydrogen) atoms. The van der Waals surface area contributed by atoms with E-state index in [1.165, 1.54) is 77.5 Å². The van der Waals surface area contributed by atoms with Crippen LogP contribution >= 0.6 is 0 Å². The average Bonchev–Trinajstić information content (AvgIpc) is 4.02. The van der Waals surface area contributed by atoms with Gasteiger partial charge in [0.1, 0.15) is 11.2 Å². The molecule has 14 rings (SSSR count). The lowest BCUT2D eigenvalue weighted by Crippen LogP contribution is -2.28. The monoisotopic (exact) mass is 893 g/mol. The Morgan fingerprint density at radius 3 is 1.67 bits per heavy atom. The minimum atomic E-state index is -0.480. The third kappa shape index (κ3) is 5.93. The molecule has 0 atom stereocenters. The van der Waals surface area contributed by atoms with Crippen LogP contribution in [0, 0.1) is 0 Å². The molecule has 12 aromatic rings. The third-order valence-electron chi connectivity index (χ3n) is 15.5. The highest BCUT2D eigenvalue weighted by Crippen LogP contribution is 2.58. The van der Waals surface area contributed by atoms with E-state index in [2.05, 4.69) is 261 Å². The summed E-state index contributed by atoms with van der Waals surface area (Å²) in [5.41, 5.74) is 22.0. The van der Waals surface area contributed by atoms with Gasteiger partial charge in [0.2, 0.25) is 0 Å². The molecule has 0 fully saturated rings. The highest BCUT2D eigenvalue weighted by atomic mass is 16.3. The summed E-state index contributed by atoms with van der Waals surface area (Å²) in [5.74, 6) is 0. The number of anilines is 3. The van der Waals surface area contributed by atoms with Crippen molar-refractivity contribution in [3.05, 3.63) is 282 Å². The molecular weight excluding hydrogens is 847 g/mol. The van der Waals surface area contributed by atoms with E-state index in [-0.39, 0.29) is 5.41 Å². The van der Waals surface area contributed by atoms with E-state index in [0.29, 0.717) is 0 Å². The van der Waals surface area contributed by atoms with Crippen LogP contribution in [-0.2, 0) is 10.8 Å². The maximum atomic E-state index is 6.53. The van der Waals surface area contributed by atoms with E-state index < -0.39 is 5.41 Å². The van der Waals surface area contributed by atoms with Gasteiger partial charge in [0.05, 0.1) is 5.41 Å². The quantitative estimate of drug-likeness (QED) is 0.158. The Morgan fingerprint density at radius 1 is 0.329 bits per heavy atom. The summed E-state index contributed by atoms with van der Waals surface area (Å²) in [4.78, 5) is 2.46. The van der Waals surface area contributed by atoms with Crippen LogP contribution in [0.25, 0.3) is 77.2 Å². The van der Waals surface area contributed by atoms with Gasteiger partial charge in [-0.25, -0.2) is 0 Å². The fourth-order valence-corrected chi connectivity index (χ4v) is 12.2. The van der Waals surface area contributed by atoms with E-state index in [1.807, 2.05) is 6.07 Å². The Balaban J connectivity index is 0.933. The second kappa shape index (κ2) is 15.4. The van der Waals surface area contributed by atoms with Gasteiger partial charge in [0.25, 0.3) is 0 Å². The first kappa shape index (κ1) is 40.4. The van der Waals surface area contributed by atoms with E-state index in [0.717, 1.165) is 50.1 Å². The van der Waals surface area contributed by atoms with Gasteiger partial charge in [-0.2, -0.15) is 0 Å². The normalized spacial score (nSPS) is 13.8. The van der Waals surface area contributed by atoms with E-state index in [9.17, 15) is 0 Å². The van der Waals surface area contributed by atoms with Crippen molar-refractivity contribution in [2.75, 3.05) is 4.90 Å². The first-order valence-electron chi connectivity index (χ1n) is 24.4. The summed E-state index contributed by atoms with van der Waals surface area (Å²) in [6.45, 7) is 4.78. The summed E-state index contributed by atoms with van der Waals surface area (Å²) >= 11 is 0. The SMILES string of the molecule is CC1(C)c2cc(-c3ccc4ccccc4c3)ccc2-c2ccc(N(c3ccc(-c4cccc5c4oc4ccccc45)cc3)c3ccc4c(c3)-c3ccccc3C4(c3ccccc3)c3ccccc3)cc21. The van der Waals surface area contributed by atoms with E-state index in [4.69, 9.17) is 4.42 Å². The highest BCUT2D eigenvalue weighted by molar-refractivity contribution is 6.09. The number of nitrogens with zero attached hydrogens (tertiary/aromatic N) is 1. The Labute approximate surface area is 408 Å². The number of fused-ring (bicyclic) bond motifs is 10. The molecule has 2 heteroatoms. The summed E-state index contributed by atoms with van der Waals surface area (Å²) in [5, 5.41) is 4.78. The van der Waals surface area contributed by atoms with Gasteiger partial charge in [0.15, 0.2) is 0 Å². The summed E-state index contributed by atoms with van der Waals surface area (Å²) in [7, 11) is 0. The van der Waals surface area contributed by atoms with Gasteiger partial charge in [-0.3, -0.25) is 0 Å². The van der Waals surface area contributed by atoms with Gasteiger partial charge < -0.3 is 9.32 Å². The third-order valence-corrected chi connectivity index (χ3v) is 15.5. The minimum Gasteiger partial charge on any atom is -0.455 e. The summed E-state index contributed by atoms with van der Waals surface area (Å²) in [6, 6.07) is 91.8. The topological polar surface area (TPSA) is 16.4 Å². The molecule has 0 unspecified atom stereocenters. The Hall–Kier alpha value is -8.72. The van der Waals surface area contributed by atoms with Crippen LogP contribution < -0.4 is 4.90 Å². The maximum Gasteiger partial charge on any atom is 0.143 e. The van der Waals surface area contributed by atoms with E-state index >= 15 is 0 Å². The molecule has 0 saturated heterocycles. The molecule has 2 nitrogen and oxygen atoms in total. The lowest BCUT2D eigenvalue weighted by molar-refractivity contribution is 0.660. The number of para-hydroxylation sites is 2. The van der Waals surface area contributed by atoms with Crippen LogP contribution in [0.5, 0.6) is 0 Å². The van der Waals surface area contributed by atoms with E-state index in [1.54, 1.807) is 0 Å². The zero-order chi connectivity index (χ0) is 46.6. The highest BCUT2D eigenvalue weighted by Gasteiger charge is 2.46. The number of hydrogen-bond acceptors (Lipinski definition) is 2. The molecule has 0 radical (unpaired) electrons. The maximum absolute atomic E-state index is 6.53. The van der Waals surface area contributed by atoms with Gasteiger partial charge in [-0.1, -0.05) is 208 Å². The second-order valence-corrected chi connectivity index (χ2v) is 19.6. The smallest absolute Gasteiger partial charge is 0.143 e. The number of furan rings is 1. The van der Waals surface area contributed by atoms with Gasteiger partial charge in [-0.15, -0.1) is 0 Å². The van der Waals surface area contributed by atoms with Crippen LogP contribution in [0.2, 0.25) is 0 Å². The van der Waals surface area contributed by atoms with Crippen LogP contribution in [0.15, 0.2) is 253 Å². The van der Waals surface area contributed by atoms with Crippen molar-refractivity contribution >= 4 is 49.8 Å². The molecular formula is C68H47NO. The van der Waals surface area contributed by atoms with Crippen LogP contribution in [-0.4, -0.2) is 0 Å². The first-order chi connectivity index (χ1) is 34.4. The Kier molecular flexibility index (Phi) is 8.88. The second-order valence-electron chi connectivity index (χ2n) is 19.6. The summed E-state index contributed by atoms with van der Waals surface area (Å²) in [6.07, 6.45) is 0. The predicted molar refractivity (Wildman–Crippen MR) is 292 cm³/mol. The Morgan fingerprint density at radius 2 is 0.871 bits per heavy atom. The standard InChI is InChI=1S/C68H47NO/c1-67(2)63-41-48(47-29-28-44-16-9-10-17-46(44)40-47)32-37-56(63)57-38-35-53(43-64(57)67)69(51-33-30-45(31-34-51)54-24-15-25-59-58-23-12-14-27-65(58)70-66(54)59)52-36-39-62-60(42-52)55-22-11-13-26-61(55)68(62,49-18-5-3-6-19-49)50-20-7-4-8-21-50/h3-43H,1-2H3. The minimum absolute atomic E-state index is 0.240. The number of benzene rings is 11. The number of hydrogen-bond donors (Lipinski definition) is 0. The lowest BCUT2D eigenvalue weighted by Gasteiger charge is -2.34. The predicted octanol–water partition coefficient (Wildman–Crippen LogP) is 18.2. The molecule has 11 aromatic carbocycles. The number of rotatable bonds is 7. The van der Waals surface area contributed by atoms with Crippen molar-refractivity contribution in [1.29, 1.82) is 0 Å². The van der Waals surface area contributed by atoms with Crippen molar-refractivity contribution < 1.29 is 4.42 Å². The lowest BCUT2D eigenvalue weighted by atomic mass is 9.68. The van der Waals surface area contributed by atoms with Crippen molar-refractivity contribution in [2.24, 2.45) is 0 Å². The van der Waals surface area contributed by atoms with Crippen LogP contribution in [0.4, 0.5) is 17.1 Å². The molecule has 0 bridgehead atoms. The van der Waals surface area contributed by atoms with Gasteiger partial charge in [-0.05, 0) is 138 Å². The fourth-order valence-electron chi connectivity index (χ4n) is 12.2. The average molecular weight is 894 g/mol. The molecule has 1 heterocycles. The molecule has 0 saturated carbocycles. The zero-order valence-corrected chi connectivity index (χ0v) is 39.0. The first-order valence-corrected chi connectivity index (χ1v) is 24.4. The van der Waals surface area contributed by atoms with Gasteiger partial charge >= 0.3 is 0 Å². The molecule has 0 N–H and O–H groups in total. The van der Waals surface area contributed by atoms with Gasteiger partial charge in [0, 0.05) is 38.8 Å². The van der Waals surface area contributed by atoms with Crippen molar-refractivity contribution in [3.8, 4) is 44.5 Å². The van der Waals surface area contributed by atoms with Crippen LogP contribution in [0.3, 0.4) is 0 Å².